The highest BCUT2D eigenvalue weighted by molar-refractivity contribution is 6.08. The predicted molar refractivity (Wildman–Crippen MR) is 139 cm³/mol. The van der Waals surface area contributed by atoms with Crippen LogP contribution in [0.4, 0.5) is 23.7 Å². The van der Waals surface area contributed by atoms with E-state index in [-0.39, 0.29) is 11.9 Å². The van der Waals surface area contributed by atoms with E-state index in [0.29, 0.717) is 33.7 Å². The molecule has 0 spiro atoms. The molecule has 0 saturated heterocycles. The Morgan fingerprint density at radius 3 is 2.63 bits per heavy atom. The molecule has 3 amide bonds. The molecule has 5 N–H and O–H groups in total. The van der Waals surface area contributed by atoms with Crippen LogP contribution in [0.1, 0.15) is 32.3 Å². The van der Waals surface area contributed by atoms with Crippen LogP contribution < -0.4 is 21.3 Å². The van der Waals surface area contributed by atoms with Gasteiger partial charge in [0.25, 0.3) is 0 Å². The number of carbonyl (C=O) groups is 2. The van der Waals surface area contributed by atoms with E-state index in [1.165, 1.54) is 6.21 Å². The van der Waals surface area contributed by atoms with E-state index < -0.39 is 24.3 Å². The lowest BCUT2D eigenvalue weighted by Crippen LogP contribution is -2.51. The number of rotatable bonds is 9. The number of pyridine rings is 1. The van der Waals surface area contributed by atoms with E-state index in [4.69, 9.17) is 5.41 Å². The third-order valence-electron chi connectivity index (χ3n) is 5.94. The Bertz CT molecular complexity index is 1390. The molecule has 1 fully saturated rings. The van der Waals surface area contributed by atoms with E-state index in [9.17, 15) is 22.8 Å². The Morgan fingerprint density at radius 1 is 1.18 bits per heavy atom. The number of fused-ring (bicyclic) bond motifs is 1. The Hall–Kier alpha value is -4.35. The topological polar surface area (TPSA) is 123 Å². The number of aromatic nitrogens is 2. The molecule has 3 aromatic rings. The van der Waals surface area contributed by atoms with E-state index in [1.807, 2.05) is 4.40 Å². The van der Waals surface area contributed by atoms with Crippen LogP contribution in [0.15, 0.2) is 55.0 Å². The first-order chi connectivity index (χ1) is 17.9. The molecule has 0 radical (unpaired) electrons. The maximum absolute atomic E-state index is 12.5. The number of nitrogens with zero attached hydrogens (tertiary/aromatic N) is 2. The minimum atomic E-state index is -4.50. The lowest BCUT2D eigenvalue weighted by atomic mass is 10.0. The van der Waals surface area contributed by atoms with Crippen LogP contribution in [0, 0.1) is 5.41 Å². The highest BCUT2D eigenvalue weighted by Crippen LogP contribution is 2.26. The SMILES string of the molecule is CC(C)(N/C=C(\C=N)c1ccn2c(-c3cccc(NC(=O)NCC(F)(F)F)c3)cnc2c1)C(=O)NC1CC1. The van der Waals surface area contributed by atoms with Gasteiger partial charge in [-0.25, -0.2) is 9.78 Å². The molecule has 0 unspecified atom stereocenters. The molecule has 38 heavy (non-hydrogen) atoms. The van der Waals surface area contributed by atoms with Gasteiger partial charge in [-0.15, -0.1) is 0 Å². The third kappa shape index (κ3) is 6.69. The van der Waals surface area contributed by atoms with E-state index in [2.05, 4.69) is 20.9 Å². The van der Waals surface area contributed by atoms with Crippen LogP contribution in [0.25, 0.3) is 22.5 Å². The van der Waals surface area contributed by atoms with E-state index in [1.54, 1.807) is 74.2 Å². The second kappa shape index (κ2) is 10.6. The smallest absolute Gasteiger partial charge is 0.377 e. The molecule has 2 heterocycles. The summed E-state index contributed by atoms with van der Waals surface area (Å²) in [5.74, 6) is -0.108. The van der Waals surface area contributed by atoms with Crippen LogP contribution in [0.2, 0.25) is 0 Å². The lowest BCUT2D eigenvalue weighted by molar-refractivity contribution is -0.126. The predicted octanol–water partition coefficient (Wildman–Crippen LogP) is 4.32. The quantitative estimate of drug-likeness (QED) is 0.266. The second-order valence-electron chi connectivity index (χ2n) is 9.55. The summed E-state index contributed by atoms with van der Waals surface area (Å²) >= 11 is 0. The first-order valence-corrected chi connectivity index (χ1v) is 11.9. The van der Waals surface area contributed by atoms with Crippen molar-refractivity contribution in [2.45, 2.75) is 44.4 Å². The molecule has 0 bridgehead atoms. The Labute approximate surface area is 217 Å². The van der Waals surface area contributed by atoms with Crippen LogP contribution in [0.5, 0.6) is 0 Å². The molecular formula is C26H28F3N7O2. The number of halogens is 3. The van der Waals surface area contributed by atoms with Crippen molar-refractivity contribution in [3.63, 3.8) is 0 Å². The van der Waals surface area contributed by atoms with Crippen molar-refractivity contribution < 1.29 is 22.8 Å². The number of imidazole rings is 1. The fourth-order valence-electron chi connectivity index (χ4n) is 3.61. The third-order valence-corrected chi connectivity index (χ3v) is 5.94. The van der Waals surface area contributed by atoms with Crippen molar-refractivity contribution in [1.82, 2.24) is 25.3 Å². The van der Waals surface area contributed by atoms with Crippen LogP contribution >= 0.6 is 0 Å². The highest BCUT2D eigenvalue weighted by Gasteiger charge is 2.32. The molecule has 1 aromatic carbocycles. The number of hydrogen-bond acceptors (Lipinski definition) is 5. The zero-order valence-corrected chi connectivity index (χ0v) is 20.8. The standard InChI is InChI=1S/C26H28F3N7O2/c1-25(2,23(37)34-19-6-7-19)33-13-18(12-30)16-8-9-36-21(14-31-22(36)11-16)17-4-3-5-20(10-17)35-24(38)32-15-26(27,28)29/h3-5,8-14,19,30,33H,6-7,15H2,1-2H3,(H,34,37)(H2,32,35,38)/b18-13+,30-12?. The number of alkyl halides is 3. The number of hydrogen-bond donors (Lipinski definition) is 5. The summed E-state index contributed by atoms with van der Waals surface area (Å²) in [6.45, 7) is 2.12. The van der Waals surface area contributed by atoms with Gasteiger partial charge in [-0.05, 0) is 56.5 Å². The van der Waals surface area contributed by atoms with Crippen molar-refractivity contribution >= 4 is 35.1 Å². The summed E-state index contributed by atoms with van der Waals surface area (Å²) in [7, 11) is 0. The molecule has 2 aromatic heterocycles. The molecule has 1 aliphatic carbocycles. The average Bonchev–Trinajstić information content (AvgIpc) is 3.58. The number of amides is 3. The van der Waals surface area contributed by atoms with Crippen LogP contribution in [-0.2, 0) is 4.79 Å². The van der Waals surface area contributed by atoms with Gasteiger partial charge in [0.2, 0.25) is 5.91 Å². The molecule has 0 atom stereocenters. The Morgan fingerprint density at radius 2 is 1.95 bits per heavy atom. The summed E-state index contributed by atoms with van der Waals surface area (Å²) in [6, 6.07) is 9.55. The van der Waals surface area contributed by atoms with E-state index in [0.717, 1.165) is 12.8 Å². The summed E-state index contributed by atoms with van der Waals surface area (Å²) in [5, 5.41) is 18.1. The fraction of sp³-hybridized carbons (Fsp3) is 0.308. The molecule has 1 aliphatic rings. The van der Waals surface area contributed by atoms with Crippen LogP contribution in [0.3, 0.4) is 0 Å². The normalized spacial score (nSPS) is 14.2. The number of nitrogens with one attached hydrogen (secondary N) is 5. The van der Waals surface area contributed by atoms with Crippen molar-refractivity contribution in [2.24, 2.45) is 0 Å². The minimum Gasteiger partial charge on any atom is -0.377 e. The van der Waals surface area contributed by atoms with Gasteiger partial charge in [-0.1, -0.05) is 12.1 Å². The molecule has 4 rings (SSSR count). The van der Waals surface area contributed by atoms with Gasteiger partial charge in [0.05, 0.1) is 11.9 Å². The van der Waals surface area contributed by atoms with Gasteiger partial charge in [0.1, 0.15) is 17.7 Å². The van der Waals surface area contributed by atoms with Gasteiger partial charge in [0, 0.05) is 41.5 Å². The largest absolute Gasteiger partial charge is 0.405 e. The van der Waals surface area contributed by atoms with Crippen molar-refractivity contribution in [1.29, 1.82) is 5.41 Å². The monoisotopic (exact) mass is 527 g/mol. The molecular weight excluding hydrogens is 499 g/mol. The fourth-order valence-corrected chi connectivity index (χ4v) is 3.61. The number of allylic oxidation sites excluding steroid dienone is 1. The Balaban J connectivity index is 1.50. The Kier molecular flexibility index (Phi) is 7.42. The summed E-state index contributed by atoms with van der Waals surface area (Å²) < 4.78 is 38.8. The number of carbonyl (C=O) groups excluding carboxylic acids is 2. The van der Waals surface area contributed by atoms with Gasteiger partial charge in [-0.3, -0.25) is 9.20 Å². The summed E-state index contributed by atoms with van der Waals surface area (Å²) in [5.41, 5.74) is 2.71. The summed E-state index contributed by atoms with van der Waals surface area (Å²) in [4.78, 5) is 28.7. The number of anilines is 1. The first kappa shape index (κ1) is 26.7. The maximum atomic E-state index is 12.5. The van der Waals surface area contributed by atoms with Gasteiger partial charge >= 0.3 is 12.2 Å². The van der Waals surface area contributed by atoms with Gasteiger partial charge < -0.3 is 26.7 Å². The highest BCUT2D eigenvalue weighted by atomic mass is 19.4. The maximum Gasteiger partial charge on any atom is 0.405 e. The molecule has 12 heteroatoms. The number of urea groups is 1. The lowest BCUT2D eigenvalue weighted by Gasteiger charge is -2.24. The minimum absolute atomic E-state index is 0.108. The average molecular weight is 528 g/mol. The molecule has 200 valence electrons. The summed E-state index contributed by atoms with van der Waals surface area (Å²) in [6.07, 6.45) is 3.73. The van der Waals surface area contributed by atoms with E-state index >= 15 is 0 Å². The number of benzene rings is 1. The van der Waals surface area contributed by atoms with Crippen molar-refractivity contribution in [2.75, 3.05) is 11.9 Å². The zero-order valence-electron chi connectivity index (χ0n) is 20.8. The zero-order chi connectivity index (χ0) is 27.5. The molecule has 0 aliphatic heterocycles. The molecule has 9 nitrogen and oxygen atoms in total. The molecule has 1 saturated carbocycles. The van der Waals surface area contributed by atoms with Crippen molar-refractivity contribution in [3.8, 4) is 11.3 Å². The van der Waals surface area contributed by atoms with Crippen molar-refractivity contribution in [3.05, 3.63) is 60.6 Å². The van der Waals surface area contributed by atoms with Crippen LogP contribution in [-0.4, -0.2) is 51.8 Å². The first-order valence-electron chi connectivity index (χ1n) is 11.9. The second-order valence-corrected chi connectivity index (χ2v) is 9.55. The van der Waals surface area contributed by atoms with Gasteiger partial charge in [-0.2, -0.15) is 13.2 Å². The van der Waals surface area contributed by atoms with Gasteiger partial charge in [0.15, 0.2) is 0 Å².